The summed E-state index contributed by atoms with van der Waals surface area (Å²) in [5.41, 5.74) is -10.7. The van der Waals surface area contributed by atoms with Crippen LogP contribution in [0, 0.1) is 0 Å². The first-order chi connectivity index (χ1) is 15.3. The van der Waals surface area contributed by atoms with Crippen molar-refractivity contribution in [1.82, 2.24) is 0 Å². The molecule has 188 valence electrons. The van der Waals surface area contributed by atoms with Crippen LogP contribution in [-0.2, 0) is 33.8 Å². The molecule has 5 nitrogen and oxygen atoms in total. The summed E-state index contributed by atoms with van der Waals surface area (Å²) in [6.07, 6.45) is -10.2. The molecule has 0 unspecified atom stereocenters. The van der Waals surface area contributed by atoms with E-state index < -0.39 is 56.9 Å². The minimum Gasteiger partial charge on any atom is -0.391 e. The van der Waals surface area contributed by atoms with Gasteiger partial charge in [0.15, 0.2) is 0 Å². The van der Waals surface area contributed by atoms with Gasteiger partial charge >= 0.3 is 27.9 Å². The van der Waals surface area contributed by atoms with Gasteiger partial charge in [-0.25, -0.2) is 0 Å². The van der Waals surface area contributed by atoms with Gasteiger partial charge in [0.25, 0.3) is 0 Å². The molecule has 0 aliphatic rings. The molecule has 16 heteroatoms. The predicted octanol–water partition coefficient (Wildman–Crippen LogP) is 6.58. The second-order valence-corrected chi connectivity index (χ2v) is 8.67. The first kappa shape index (κ1) is 27.6. The number of rotatable bonds is 6. The molecule has 0 aliphatic carbocycles. The highest BCUT2D eigenvalue weighted by molar-refractivity contribution is 7.93. The first-order valence-corrected chi connectivity index (χ1v) is 10.5. The summed E-state index contributed by atoms with van der Waals surface area (Å²) in [4.78, 5) is 4.75. The van der Waals surface area contributed by atoms with Crippen LogP contribution in [0.5, 0.6) is 0 Å². The van der Waals surface area contributed by atoms with Crippen molar-refractivity contribution in [2.75, 3.05) is 4.72 Å². The summed E-state index contributed by atoms with van der Waals surface area (Å²) >= 11 is 5.76. The highest BCUT2D eigenvalue weighted by atomic mass is 35.5. The molecule has 0 radical (unpaired) electrons. The Morgan fingerprint density at radius 1 is 0.971 bits per heavy atom. The van der Waals surface area contributed by atoms with Gasteiger partial charge in [-0.05, 0) is 37.3 Å². The summed E-state index contributed by atoms with van der Waals surface area (Å²) in [7, 11) is -5.83. The van der Waals surface area contributed by atoms with Crippen LogP contribution in [0.4, 0.5) is 45.2 Å². The Morgan fingerprint density at radius 3 is 2.12 bits per heavy atom. The molecule has 2 aromatic carbocycles. The Morgan fingerprint density at radius 2 is 1.59 bits per heavy atom. The first-order valence-electron chi connectivity index (χ1n) is 8.66. The van der Waals surface area contributed by atoms with E-state index in [0.717, 1.165) is 25.1 Å². The van der Waals surface area contributed by atoms with Gasteiger partial charge in [-0.15, -0.1) is 0 Å². The minimum atomic E-state index is -5.83. The lowest BCUT2D eigenvalue weighted by Gasteiger charge is -2.16. The molecule has 0 bridgehead atoms. The highest BCUT2D eigenvalue weighted by Crippen LogP contribution is 2.37. The number of halogens is 10. The van der Waals surface area contributed by atoms with Crippen molar-refractivity contribution in [2.24, 2.45) is 5.16 Å². The molecule has 1 N–H and O–H groups in total. The van der Waals surface area contributed by atoms with E-state index >= 15 is 0 Å². The third kappa shape index (κ3) is 6.68. The number of anilines is 1. The molecule has 2 aromatic rings. The monoisotopic (exact) mass is 542 g/mol. The maximum atomic E-state index is 13.2. The van der Waals surface area contributed by atoms with Crippen molar-refractivity contribution >= 4 is 33.0 Å². The van der Waals surface area contributed by atoms with Gasteiger partial charge in [0.05, 0.1) is 22.5 Å². The highest BCUT2D eigenvalue weighted by Gasteiger charge is 2.46. The number of alkyl halides is 9. The number of oxime groups is 1. The fourth-order valence-electron chi connectivity index (χ4n) is 2.50. The van der Waals surface area contributed by atoms with E-state index in [1.807, 2.05) is 0 Å². The molecule has 0 spiro atoms. The zero-order valence-electron chi connectivity index (χ0n) is 16.5. The van der Waals surface area contributed by atoms with E-state index in [2.05, 4.69) is 5.16 Å². The third-order valence-corrected chi connectivity index (χ3v) is 5.42. The maximum Gasteiger partial charge on any atom is 0.516 e. The van der Waals surface area contributed by atoms with Crippen LogP contribution in [0.1, 0.15) is 29.2 Å². The van der Waals surface area contributed by atoms with Crippen LogP contribution in [0.25, 0.3) is 0 Å². The Balaban J connectivity index is 2.34. The Kier molecular flexibility index (Phi) is 7.72. The summed E-state index contributed by atoms with van der Waals surface area (Å²) in [6, 6.07) is 3.81. The minimum absolute atomic E-state index is 0.0541. The molecule has 0 amide bonds. The van der Waals surface area contributed by atoms with E-state index in [1.54, 1.807) is 0 Å². The van der Waals surface area contributed by atoms with Crippen molar-refractivity contribution in [1.29, 1.82) is 0 Å². The third-order valence-electron chi connectivity index (χ3n) is 4.08. The van der Waals surface area contributed by atoms with Gasteiger partial charge in [-0.3, -0.25) is 4.72 Å². The zero-order valence-corrected chi connectivity index (χ0v) is 18.1. The Hall–Kier alpha value is -2.68. The summed E-state index contributed by atoms with van der Waals surface area (Å²) in [5.74, 6) is 0. The zero-order chi connectivity index (χ0) is 26.1. The van der Waals surface area contributed by atoms with Gasteiger partial charge < -0.3 is 4.84 Å². The fraction of sp³-hybridized carbons (Fsp3) is 0.278. The molecule has 2 rings (SSSR count). The molecule has 0 atom stereocenters. The van der Waals surface area contributed by atoms with Crippen LogP contribution >= 0.6 is 11.6 Å². The lowest BCUT2D eigenvalue weighted by Crippen LogP contribution is -2.30. The molecule has 0 saturated heterocycles. The Bertz CT molecular complexity index is 1190. The molecule has 0 fully saturated rings. The van der Waals surface area contributed by atoms with E-state index in [-0.39, 0.29) is 22.4 Å². The van der Waals surface area contributed by atoms with Crippen molar-refractivity contribution in [3.05, 3.63) is 63.7 Å². The van der Waals surface area contributed by atoms with Gasteiger partial charge in [0.2, 0.25) is 0 Å². The van der Waals surface area contributed by atoms with Crippen LogP contribution < -0.4 is 4.72 Å². The summed E-state index contributed by atoms with van der Waals surface area (Å²) < 4.78 is 140. The number of nitrogens with zero attached hydrogens (tertiary/aromatic N) is 1. The number of sulfonamides is 1. The van der Waals surface area contributed by atoms with Gasteiger partial charge in [-0.1, -0.05) is 22.8 Å². The van der Waals surface area contributed by atoms with Crippen molar-refractivity contribution in [3.8, 4) is 0 Å². The van der Waals surface area contributed by atoms with Gasteiger partial charge in [-0.2, -0.15) is 47.9 Å². The smallest absolute Gasteiger partial charge is 0.391 e. The molecule has 0 aromatic heterocycles. The second-order valence-electron chi connectivity index (χ2n) is 6.56. The van der Waals surface area contributed by atoms with Gasteiger partial charge in [0.1, 0.15) is 6.61 Å². The second kappa shape index (κ2) is 9.52. The fourth-order valence-corrected chi connectivity index (χ4v) is 3.25. The van der Waals surface area contributed by atoms with E-state index in [0.29, 0.717) is 12.1 Å². The van der Waals surface area contributed by atoms with E-state index in [9.17, 15) is 47.9 Å². The molecule has 0 heterocycles. The topological polar surface area (TPSA) is 67.8 Å². The van der Waals surface area contributed by atoms with Gasteiger partial charge in [0, 0.05) is 16.1 Å². The normalized spacial score (nSPS) is 13.7. The number of hydrogen-bond donors (Lipinski definition) is 1. The van der Waals surface area contributed by atoms with E-state index in [1.165, 1.54) is 4.72 Å². The molecule has 0 aliphatic heterocycles. The predicted molar refractivity (Wildman–Crippen MR) is 103 cm³/mol. The lowest BCUT2D eigenvalue weighted by molar-refractivity contribution is -0.143. The lowest BCUT2D eigenvalue weighted by atomic mass is 10.0. The van der Waals surface area contributed by atoms with Crippen molar-refractivity contribution in [3.63, 3.8) is 0 Å². The van der Waals surface area contributed by atoms with Crippen LogP contribution in [0.2, 0.25) is 5.02 Å². The average molecular weight is 543 g/mol. The molecule has 0 saturated carbocycles. The van der Waals surface area contributed by atoms with Crippen LogP contribution in [0.3, 0.4) is 0 Å². The van der Waals surface area contributed by atoms with E-state index in [4.69, 9.17) is 16.4 Å². The maximum absolute atomic E-state index is 13.2. The Labute approximate surface area is 191 Å². The number of nitrogens with one attached hydrogen (secondary N) is 1. The van der Waals surface area contributed by atoms with Crippen LogP contribution in [-0.4, -0.2) is 19.6 Å². The quantitative estimate of drug-likeness (QED) is 0.255. The van der Waals surface area contributed by atoms with Crippen molar-refractivity contribution in [2.45, 2.75) is 31.4 Å². The summed E-state index contributed by atoms with van der Waals surface area (Å²) in [5, 5.41) is 3.38. The molecular formula is C18H12ClF9N2O3S. The largest absolute Gasteiger partial charge is 0.516 e. The summed E-state index contributed by atoms with van der Waals surface area (Å²) in [6.45, 7) is 0.156. The molecule has 34 heavy (non-hydrogen) atoms. The average Bonchev–Trinajstić information content (AvgIpc) is 2.66. The van der Waals surface area contributed by atoms with Crippen molar-refractivity contribution < 1.29 is 52.8 Å². The van der Waals surface area contributed by atoms with Crippen LogP contribution in [0.15, 0.2) is 41.6 Å². The molecular weight excluding hydrogens is 531 g/mol. The standard InChI is InChI=1S/C18H12ClF9N2O3S/c1-9(13-7-12(19)4-5-15(13)30-34(31,32)18(26,27)28)29-33-8-10-2-3-11(16(20,21)22)6-14(10)17(23,24)25/h2-7,30H,8H2,1H3. The number of hydrogen-bond acceptors (Lipinski definition) is 4. The SMILES string of the molecule is CC(=NOCc1ccc(C(F)(F)F)cc1C(F)(F)F)c1cc(Cl)ccc1NS(=O)(=O)C(F)(F)F. The number of benzene rings is 2.